The molecule has 0 saturated carbocycles. The van der Waals surface area contributed by atoms with Crippen LogP contribution in [0, 0.1) is 0 Å². The van der Waals surface area contributed by atoms with Gasteiger partial charge in [0.2, 0.25) is 0 Å². The third-order valence-corrected chi connectivity index (χ3v) is 2.80. The zero-order valence-corrected chi connectivity index (χ0v) is 7.45. The summed E-state index contributed by atoms with van der Waals surface area (Å²) in [5, 5.41) is 0. The molecule has 1 unspecified atom stereocenters. The molecule has 1 fully saturated rings. The molecule has 1 atom stereocenters. The van der Waals surface area contributed by atoms with Gasteiger partial charge in [-0.3, -0.25) is 0 Å². The van der Waals surface area contributed by atoms with Crippen LogP contribution >= 0.6 is 11.8 Å². The highest BCUT2D eigenvalue weighted by Crippen LogP contribution is 2.16. The lowest BCUT2D eigenvalue weighted by atomic mass is 10.1. The number of hydrogen-bond acceptors (Lipinski definition) is 2. The molecule has 0 N–H and O–H groups in total. The summed E-state index contributed by atoms with van der Waals surface area (Å²) in [5.74, 6) is 2.43. The summed E-state index contributed by atoms with van der Waals surface area (Å²) in [6.45, 7) is 3.20. The number of hydrogen-bond donors (Lipinski definition) is 0. The van der Waals surface area contributed by atoms with Crippen molar-refractivity contribution in [2.24, 2.45) is 0 Å². The van der Waals surface area contributed by atoms with Gasteiger partial charge in [-0.25, -0.2) is 0 Å². The molecule has 0 aliphatic carbocycles. The predicted molar refractivity (Wildman–Crippen MR) is 46.6 cm³/mol. The summed E-state index contributed by atoms with van der Waals surface area (Å²) in [4.78, 5) is 0. The van der Waals surface area contributed by atoms with E-state index in [1.807, 2.05) is 11.8 Å². The molecule has 1 aliphatic rings. The fourth-order valence-corrected chi connectivity index (χ4v) is 1.95. The Hall–Kier alpha value is 0.310. The molecule has 0 spiro atoms. The van der Waals surface area contributed by atoms with Gasteiger partial charge in [-0.05, 0) is 25.0 Å². The minimum Gasteiger partial charge on any atom is -0.377 e. The summed E-state index contributed by atoms with van der Waals surface area (Å²) in [7, 11) is 0. The maximum absolute atomic E-state index is 5.56. The Morgan fingerprint density at radius 3 is 3.00 bits per heavy atom. The van der Waals surface area contributed by atoms with Crippen LogP contribution in [-0.2, 0) is 4.74 Å². The molecular formula is C8H16OS. The molecule has 1 heterocycles. The Balaban J connectivity index is 2.02. The topological polar surface area (TPSA) is 9.23 Å². The zero-order valence-electron chi connectivity index (χ0n) is 6.64. The maximum Gasteiger partial charge on any atom is 0.0665 e. The SMILES string of the molecule is CCSCC1CCCCO1. The van der Waals surface area contributed by atoms with Crippen molar-refractivity contribution >= 4 is 11.8 Å². The van der Waals surface area contributed by atoms with Gasteiger partial charge >= 0.3 is 0 Å². The van der Waals surface area contributed by atoms with E-state index in [2.05, 4.69) is 6.92 Å². The summed E-state index contributed by atoms with van der Waals surface area (Å²) in [6.07, 6.45) is 4.49. The molecule has 1 saturated heterocycles. The van der Waals surface area contributed by atoms with E-state index in [4.69, 9.17) is 4.74 Å². The fraction of sp³-hybridized carbons (Fsp3) is 1.00. The Morgan fingerprint density at radius 1 is 1.50 bits per heavy atom. The predicted octanol–water partition coefficient (Wildman–Crippen LogP) is 2.31. The van der Waals surface area contributed by atoms with Gasteiger partial charge in [-0.2, -0.15) is 11.8 Å². The van der Waals surface area contributed by atoms with Crippen molar-refractivity contribution in [2.45, 2.75) is 32.3 Å². The van der Waals surface area contributed by atoms with E-state index >= 15 is 0 Å². The lowest BCUT2D eigenvalue weighted by Gasteiger charge is -2.21. The quantitative estimate of drug-likeness (QED) is 0.626. The lowest BCUT2D eigenvalue weighted by Crippen LogP contribution is -2.21. The minimum atomic E-state index is 0.568. The number of rotatable bonds is 3. The van der Waals surface area contributed by atoms with Gasteiger partial charge in [0, 0.05) is 12.4 Å². The summed E-state index contributed by atoms with van der Waals surface area (Å²) < 4.78 is 5.56. The molecule has 2 heteroatoms. The van der Waals surface area contributed by atoms with Crippen LogP contribution in [0.4, 0.5) is 0 Å². The van der Waals surface area contributed by atoms with E-state index in [-0.39, 0.29) is 0 Å². The summed E-state index contributed by atoms with van der Waals surface area (Å²) >= 11 is 1.99. The normalized spacial score (nSPS) is 26.7. The summed E-state index contributed by atoms with van der Waals surface area (Å²) in [6, 6.07) is 0. The van der Waals surface area contributed by atoms with E-state index in [1.165, 1.54) is 30.8 Å². The molecule has 0 radical (unpaired) electrons. The third-order valence-electron chi connectivity index (χ3n) is 1.78. The first-order valence-electron chi connectivity index (χ1n) is 4.13. The van der Waals surface area contributed by atoms with Crippen molar-refractivity contribution in [2.75, 3.05) is 18.1 Å². The van der Waals surface area contributed by atoms with Crippen molar-refractivity contribution in [1.29, 1.82) is 0 Å². The molecule has 0 aromatic rings. The van der Waals surface area contributed by atoms with E-state index in [9.17, 15) is 0 Å². The van der Waals surface area contributed by atoms with Crippen LogP contribution < -0.4 is 0 Å². The van der Waals surface area contributed by atoms with Gasteiger partial charge in [0.25, 0.3) is 0 Å². The van der Waals surface area contributed by atoms with Gasteiger partial charge in [0.15, 0.2) is 0 Å². The Kier molecular flexibility index (Phi) is 4.23. The lowest BCUT2D eigenvalue weighted by molar-refractivity contribution is 0.0315. The van der Waals surface area contributed by atoms with Crippen LogP contribution in [0.25, 0.3) is 0 Å². The van der Waals surface area contributed by atoms with Crippen LogP contribution in [0.5, 0.6) is 0 Å². The monoisotopic (exact) mass is 160 g/mol. The molecule has 0 aromatic heterocycles. The van der Waals surface area contributed by atoms with Crippen molar-refractivity contribution in [3.05, 3.63) is 0 Å². The van der Waals surface area contributed by atoms with Gasteiger partial charge in [-0.15, -0.1) is 0 Å². The molecule has 1 rings (SSSR count). The van der Waals surface area contributed by atoms with E-state index in [1.54, 1.807) is 0 Å². The van der Waals surface area contributed by atoms with Crippen molar-refractivity contribution in [1.82, 2.24) is 0 Å². The Bertz CT molecular complexity index is 79.3. The van der Waals surface area contributed by atoms with Gasteiger partial charge in [-0.1, -0.05) is 6.92 Å². The first kappa shape index (κ1) is 8.41. The van der Waals surface area contributed by atoms with E-state index in [0.717, 1.165) is 6.61 Å². The minimum absolute atomic E-state index is 0.568. The highest BCUT2D eigenvalue weighted by molar-refractivity contribution is 7.99. The van der Waals surface area contributed by atoms with Gasteiger partial charge < -0.3 is 4.74 Å². The van der Waals surface area contributed by atoms with Gasteiger partial charge in [0.1, 0.15) is 0 Å². The third kappa shape index (κ3) is 2.93. The summed E-state index contributed by atoms with van der Waals surface area (Å²) in [5.41, 5.74) is 0. The van der Waals surface area contributed by atoms with Crippen LogP contribution in [-0.4, -0.2) is 24.2 Å². The second kappa shape index (κ2) is 5.03. The maximum atomic E-state index is 5.56. The highest BCUT2D eigenvalue weighted by Gasteiger charge is 2.12. The molecule has 0 amide bonds. The number of ether oxygens (including phenoxy) is 1. The van der Waals surface area contributed by atoms with Crippen LogP contribution in [0.3, 0.4) is 0 Å². The standard InChI is InChI=1S/C8H16OS/c1-2-10-7-8-5-3-4-6-9-8/h8H,2-7H2,1H3. The second-order valence-electron chi connectivity index (χ2n) is 2.65. The first-order valence-corrected chi connectivity index (χ1v) is 5.28. The zero-order chi connectivity index (χ0) is 7.23. The molecule has 0 bridgehead atoms. The van der Waals surface area contributed by atoms with E-state index < -0.39 is 0 Å². The largest absolute Gasteiger partial charge is 0.377 e. The first-order chi connectivity index (χ1) is 4.93. The molecule has 0 aromatic carbocycles. The second-order valence-corrected chi connectivity index (χ2v) is 3.97. The highest BCUT2D eigenvalue weighted by atomic mass is 32.2. The fourth-order valence-electron chi connectivity index (χ4n) is 1.19. The molecule has 1 nitrogen and oxygen atoms in total. The Labute approximate surface area is 67.5 Å². The van der Waals surface area contributed by atoms with Crippen molar-refractivity contribution < 1.29 is 4.74 Å². The van der Waals surface area contributed by atoms with Crippen LogP contribution in [0.2, 0.25) is 0 Å². The smallest absolute Gasteiger partial charge is 0.0665 e. The number of thioether (sulfide) groups is 1. The average molecular weight is 160 g/mol. The molecule has 10 heavy (non-hydrogen) atoms. The Morgan fingerprint density at radius 2 is 2.40 bits per heavy atom. The van der Waals surface area contributed by atoms with Gasteiger partial charge in [0.05, 0.1) is 6.10 Å². The van der Waals surface area contributed by atoms with Crippen LogP contribution in [0.15, 0.2) is 0 Å². The average Bonchev–Trinajstić information content (AvgIpc) is 2.03. The van der Waals surface area contributed by atoms with E-state index in [0.29, 0.717) is 6.10 Å². The molecule has 1 aliphatic heterocycles. The van der Waals surface area contributed by atoms with Crippen molar-refractivity contribution in [3.8, 4) is 0 Å². The van der Waals surface area contributed by atoms with Crippen molar-refractivity contribution in [3.63, 3.8) is 0 Å². The molecular weight excluding hydrogens is 144 g/mol. The molecule has 60 valence electrons. The van der Waals surface area contributed by atoms with Crippen LogP contribution in [0.1, 0.15) is 26.2 Å².